The van der Waals surface area contributed by atoms with Gasteiger partial charge >= 0.3 is 0 Å². The van der Waals surface area contributed by atoms with Crippen molar-refractivity contribution in [2.24, 2.45) is 0 Å². The van der Waals surface area contributed by atoms with Crippen molar-refractivity contribution in [1.29, 1.82) is 0 Å². The van der Waals surface area contributed by atoms with Crippen LogP contribution in [0.15, 0.2) is 65.6 Å². The van der Waals surface area contributed by atoms with E-state index in [1.54, 1.807) is 18.2 Å². The lowest BCUT2D eigenvalue weighted by Crippen LogP contribution is -2.32. The van der Waals surface area contributed by atoms with Gasteiger partial charge in [-0.15, -0.1) is 0 Å². The van der Waals surface area contributed by atoms with E-state index < -0.39 is 11.5 Å². The molecule has 5 nitrogen and oxygen atoms in total. The SMILES string of the molecule is Cc1cc(C)cc(NC(=O)c2cccn(OCc3ccc(F)cc3)c2=O)c1. The van der Waals surface area contributed by atoms with Crippen molar-refractivity contribution in [2.75, 3.05) is 5.32 Å². The first-order valence-corrected chi connectivity index (χ1v) is 8.41. The van der Waals surface area contributed by atoms with Gasteiger partial charge in [0.25, 0.3) is 11.5 Å². The first-order valence-electron chi connectivity index (χ1n) is 8.41. The summed E-state index contributed by atoms with van der Waals surface area (Å²) in [5.74, 6) is -0.856. The monoisotopic (exact) mass is 366 g/mol. The van der Waals surface area contributed by atoms with Crippen molar-refractivity contribution in [3.05, 3.63) is 99.2 Å². The zero-order valence-corrected chi connectivity index (χ0v) is 15.0. The predicted molar refractivity (Wildman–Crippen MR) is 101 cm³/mol. The van der Waals surface area contributed by atoms with Gasteiger partial charge < -0.3 is 10.2 Å². The van der Waals surface area contributed by atoms with Gasteiger partial charge in [0, 0.05) is 11.9 Å². The summed E-state index contributed by atoms with van der Waals surface area (Å²) in [6.45, 7) is 3.94. The molecule has 0 bridgehead atoms. The van der Waals surface area contributed by atoms with Crippen molar-refractivity contribution >= 4 is 11.6 Å². The maximum Gasteiger partial charge on any atom is 0.295 e. The van der Waals surface area contributed by atoms with Crippen LogP contribution in [0.2, 0.25) is 0 Å². The molecule has 1 aromatic heterocycles. The topological polar surface area (TPSA) is 60.3 Å². The van der Waals surface area contributed by atoms with Crippen LogP contribution in [0.25, 0.3) is 0 Å². The van der Waals surface area contributed by atoms with Crippen LogP contribution in [0, 0.1) is 19.7 Å². The third-order valence-electron chi connectivity index (χ3n) is 3.92. The number of carbonyl (C=O) groups is 1. The van der Waals surface area contributed by atoms with Gasteiger partial charge in [-0.25, -0.2) is 4.39 Å². The van der Waals surface area contributed by atoms with E-state index in [-0.39, 0.29) is 18.0 Å². The second-order valence-electron chi connectivity index (χ2n) is 6.28. The lowest BCUT2D eigenvalue weighted by atomic mass is 10.1. The number of rotatable bonds is 5. The molecule has 2 aromatic carbocycles. The van der Waals surface area contributed by atoms with Gasteiger partial charge in [0.2, 0.25) is 0 Å². The Morgan fingerprint density at radius 1 is 1.07 bits per heavy atom. The number of hydrogen-bond acceptors (Lipinski definition) is 3. The molecule has 0 aliphatic rings. The lowest BCUT2D eigenvalue weighted by molar-refractivity contribution is 0.0863. The van der Waals surface area contributed by atoms with Crippen LogP contribution in [0.3, 0.4) is 0 Å². The highest BCUT2D eigenvalue weighted by atomic mass is 19.1. The Bertz CT molecular complexity index is 1010. The van der Waals surface area contributed by atoms with Crippen molar-refractivity contribution in [1.82, 2.24) is 4.73 Å². The largest absolute Gasteiger partial charge is 0.406 e. The van der Waals surface area contributed by atoms with Crippen molar-refractivity contribution in [3.63, 3.8) is 0 Å². The zero-order valence-electron chi connectivity index (χ0n) is 15.0. The van der Waals surface area contributed by atoms with E-state index in [1.807, 2.05) is 32.0 Å². The Balaban J connectivity index is 1.76. The summed E-state index contributed by atoms with van der Waals surface area (Å²) < 4.78 is 13.9. The molecular formula is C21H19FN2O3. The van der Waals surface area contributed by atoms with E-state index in [0.29, 0.717) is 11.3 Å². The summed E-state index contributed by atoms with van der Waals surface area (Å²) >= 11 is 0. The minimum Gasteiger partial charge on any atom is -0.406 e. The standard InChI is InChI=1S/C21H19FN2O3/c1-14-10-15(2)12-18(11-14)23-20(25)19-4-3-9-24(21(19)26)27-13-16-5-7-17(22)8-6-16/h3-12H,13H2,1-2H3,(H,23,25). The number of carbonyl (C=O) groups excluding carboxylic acids is 1. The fourth-order valence-electron chi connectivity index (χ4n) is 2.72. The summed E-state index contributed by atoms with van der Waals surface area (Å²) in [7, 11) is 0. The van der Waals surface area contributed by atoms with Crippen LogP contribution in [0.1, 0.15) is 27.0 Å². The highest BCUT2D eigenvalue weighted by molar-refractivity contribution is 6.04. The number of aromatic nitrogens is 1. The normalized spacial score (nSPS) is 10.5. The molecule has 3 aromatic rings. The van der Waals surface area contributed by atoms with E-state index >= 15 is 0 Å². The maximum absolute atomic E-state index is 12.9. The van der Waals surface area contributed by atoms with Gasteiger partial charge in [0.15, 0.2) is 0 Å². The molecule has 0 unspecified atom stereocenters. The van der Waals surface area contributed by atoms with E-state index in [1.165, 1.54) is 24.4 Å². The number of pyridine rings is 1. The molecule has 0 saturated heterocycles. The zero-order chi connectivity index (χ0) is 19.4. The van der Waals surface area contributed by atoms with Crippen LogP contribution in [0.4, 0.5) is 10.1 Å². The fraction of sp³-hybridized carbons (Fsp3) is 0.143. The van der Waals surface area contributed by atoms with Gasteiger partial charge in [-0.3, -0.25) is 9.59 Å². The summed E-state index contributed by atoms with van der Waals surface area (Å²) in [5.41, 5.74) is 2.75. The van der Waals surface area contributed by atoms with Gasteiger partial charge in [0.1, 0.15) is 18.0 Å². The number of aryl methyl sites for hydroxylation is 2. The molecule has 6 heteroatoms. The molecule has 1 heterocycles. The molecular weight excluding hydrogens is 347 g/mol. The number of anilines is 1. The third-order valence-corrected chi connectivity index (χ3v) is 3.92. The Labute approximate surface area is 156 Å². The summed E-state index contributed by atoms with van der Waals surface area (Å²) in [5, 5.41) is 2.74. The third kappa shape index (κ3) is 4.61. The Hall–Kier alpha value is -3.41. The van der Waals surface area contributed by atoms with Crippen molar-refractivity contribution < 1.29 is 14.0 Å². The number of nitrogens with one attached hydrogen (secondary N) is 1. The Morgan fingerprint density at radius 2 is 1.74 bits per heavy atom. The van der Waals surface area contributed by atoms with E-state index in [4.69, 9.17) is 4.84 Å². The Morgan fingerprint density at radius 3 is 2.41 bits per heavy atom. The highest BCUT2D eigenvalue weighted by Gasteiger charge is 2.13. The van der Waals surface area contributed by atoms with Crippen LogP contribution in [-0.2, 0) is 6.61 Å². The highest BCUT2D eigenvalue weighted by Crippen LogP contribution is 2.14. The van der Waals surface area contributed by atoms with E-state index in [0.717, 1.165) is 15.9 Å². The van der Waals surface area contributed by atoms with Gasteiger partial charge in [-0.2, -0.15) is 4.73 Å². The average molecular weight is 366 g/mol. The average Bonchev–Trinajstić information content (AvgIpc) is 2.61. The van der Waals surface area contributed by atoms with Crippen LogP contribution in [-0.4, -0.2) is 10.6 Å². The molecule has 3 rings (SSSR count). The predicted octanol–water partition coefficient (Wildman–Crippen LogP) is 3.49. The number of hydrogen-bond donors (Lipinski definition) is 1. The van der Waals surface area contributed by atoms with Gasteiger partial charge in [-0.05, 0) is 66.9 Å². The van der Waals surface area contributed by atoms with Crippen LogP contribution >= 0.6 is 0 Å². The van der Waals surface area contributed by atoms with Crippen LogP contribution in [0.5, 0.6) is 0 Å². The molecule has 138 valence electrons. The van der Waals surface area contributed by atoms with Crippen LogP contribution < -0.4 is 15.7 Å². The first-order chi connectivity index (χ1) is 12.9. The summed E-state index contributed by atoms with van der Waals surface area (Å²) in [6.07, 6.45) is 1.43. The number of nitrogens with zero attached hydrogens (tertiary/aromatic N) is 1. The molecule has 27 heavy (non-hydrogen) atoms. The minimum absolute atomic E-state index is 0.0317. The van der Waals surface area contributed by atoms with Crippen molar-refractivity contribution in [2.45, 2.75) is 20.5 Å². The van der Waals surface area contributed by atoms with E-state index in [9.17, 15) is 14.0 Å². The summed E-state index contributed by atoms with van der Waals surface area (Å²) in [4.78, 5) is 30.5. The molecule has 0 spiro atoms. The smallest absolute Gasteiger partial charge is 0.295 e. The molecule has 0 aliphatic carbocycles. The molecule has 0 saturated carbocycles. The number of amides is 1. The second kappa shape index (κ2) is 7.86. The Kier molecular flexibility index (Phi) is 5.35. The molecule has 0 radical (unpaired) electrons. The quantitative estimate of drug-likeness (QED) is 0.752. The molecule has 0 atom stereocenters. The molecule has 0 aliphatic heterocycles. The molecule has 1 amide bonds. The maximum atomic E-state index is 12.9. The van der Waals surface area contributed by atoms with Gasteiger partial charge in [0.05, 0.1) is 0 Å². The van der Waals surface area contributed by atoms with Crippen molar-refractivity contribution in [3.8, 4) is 0 Å². The van der Waals surface area contributed by atoms with Gasteiger partial charge in [-0.1, -0.05) is 18.2 Å². The first kappa shape index (κ1) is 18.4. The second-order valence-corrected chi connectivity index (χ2v) is 6.28. The lowest BCUT2D eigenvalue weighted by Gasteiger charge is -2.11. The molecule has 1 N–H and O–H groups in total. The number of halogens is 1. The fourth-order valence-corrected chi connectivity index (χ4v) is 2.72. The van der Waals surface area contributed by atoms with E-state index in [2.05, 4.69) is 5.32 Å². The molecule has 0 fully saturated rings. The summed E-state index contributed by atoms with van der Waals surface area (Å²) in [6, 6.07) is 14.4. The number of benzene rings is 2. The minimum atomic E-state index is -0.568.